The Morgan fingerprint density at radius 2 is 1.29 bits per heavy atom. The fraction of sp³-hybridized carbons (Fsp3) is 0. The first-order chi connectivity index (χ1) is 6.38. The van der Waals surface area contributed by atoms with E-state index >= 15 is 0 Å². The van der Waals surface area contributed by atoms with Crippen LogP contribution in [-0.2, 0) is 0 Å². The molecule has 0 nitrogen and oxygen atoms in total. The van der Waals surface area contributed by atoms with Gasteiger partial charge >= 0.3 is 86.2 Å². The molecule has 0 bridgehead atoms. The van der Waals surface area contributed by atoms with Gasteiger partial charge in [-0.05, 0) is 0 Å². The van der Waals surface area contributed by atoms with E-state index in [0.29, 0.717) is 0 Å². The van der Waals surface area contributed by atoms with Crippen LogP contribution in [0.1, 0.15) is 0 Å². The van der Waals surface area contributed by atoms with Crippen molar-refractivity contribution in [2.24, 2.45) is 0 Å². The average Bonchev–Trinajstić information content (AvgIpc) is 2.20. The van der Waals surface area contributed by atoms with Gasteiger partial charge in [0.2, 0.25) is 0 Å². The second-order valence-electron chi connectivity index (χ2n) is 2.88. The molecule has 2 heteroatoms. The molecule has 0 aliphatic rings. The van der Waals surface area contributed by atoms with Crippen molar-refractivity contribution in [2.75, 3.05) is 0 Å². The molecule has 2 aromatic carbocycles. The Bertz CT molecular complexity index is 398. The van der Waals surface area contributed by atoms with Crippen LogP contribution in [0.2, 0.25) is 0 Å². The monoisotopic (exact) mass is 257 g/mol. The third-order valence-electron chi connectivity index (χ3n) is 1.99. The number of hydrogen-bond donors (Lipinski definition) is 0. The molecular weight excluding hydrogens is 246 g/mol. The van der Waals surface area contributed by atoms with Crippen LogP contribution in [0.3, 0.4) is 0 Å². The van der Waals surface area contributed by atoms with E-state index in [9.17, 15) is 0 Å². The molecule has 0 fully saturated rings. The molecular formula is C12H10NaSe. The van der Waals surface area contributed by atoms with E-state index in [-0.39, 0.29) is 29.6 Å². The van der Waals surface area contributed by atoms with Gasteiger partial charge in [-0.2, -0.15) is 0 Å². The van der Waals surface area contributed by atoms with E-state index in [1.165, 1.54) is 15.6 Å². The Balaban J connectivity index is 0.000000980. The first-order valence-electron chi connectivity index (χ1n) is 4.21. The predicted molar refractivity (Wildman–Crippen MR) is 64.4 cm³/mol. The Hall–Kier alpha value is -0.0405. The van der Waals surface area contributed by atoms with Crippen molar-refractivity contribution in [2.45, 2.75) is 0 Å². The van der Waals surface area contributed by atoms with E-state index < -0.39 is 0 Å². The fourth-order valence-corrected chi connectivity index (χ4v) is 1.94. The zero-order chi connectivity index (χ0) is 9.10. The van der Waals surface area contributed by atoms with Gasteiger partial charge in [-0.1, -0.05) is 0 Å². The first-order valence-corrected chi connectivity index (χ1v) is 5.15. The van der Waals surface area contributed by atoms with Gasteiger partial charge in [0, 0.05) is 29.6 Å². The topological polar surface area (TPSA) is 0 Å². The van der Waals surface area contributed by atoms with Gasteiger partial charge in [-0.25, -0.2) is 0 Å². The number of benzene rings is 2. The van der Waals surface area contributed by atoms with E-state index in [4.69, 9.17) is 0 Å². The van der Waals surface area contributed by atoms with Gasteiger partial charge in [0.05, 0.1) is 0 Å². The molecule has 2 aromatic rings. The third kappa shape index (κ3) is 2.73. The van der Waals surface area contributed by atoms with Crippen LogP contribution in [0.25, 0.3) is 11.1 Å². The molecule has 0 spiro atoms. The summed E-state index contributed by atoms with van der Waals surface area (Å²) < 4.78 is 1.27. The molecule has 0 aliphatic heterocycles. The Morgan fingerprint density at radius 1 is 0.714 bits per heavy atom. The van der Waals surface area contributed by atoms with Gasteiger partial charge in [0.1, 0.15) is 0 Å². The molecule has 0 amide bonds. The molecule has 0 heterocycles. The minimum absolute atomic E-state index is 0. The molecule has 0 saturated heterocycles. The second kappa shape index (κ2) is 5.75. The molecule has 1 radical (unpaired) electrons. The van der Waals surface area contributed by atoms with Crippen molar-refractivity contribution in [3.05, 3.63) is 54.6 Å². The zero-order valence-electron chi connectivity index (χ0n) is 8.14. The van der Waals surface area contributed by atoms with Crippen LogP contribution >= 0.6 is 0 Å². The van der Waals surface area contributed by atoms with E-state index in [2.05, 4.69) is 64.5 Å². The summed E-state index contributed by atoms with van der Waals surface area (Å²) in [6.45, 7) is 0. The molecule has 0 saturated carbocycles. The van der Waals surface area contributed by atoms with E-state index in [1.807, 2.05) is 6.07 Å². The number of hydrogen-bond acceptors (Lipinski definition) is 0. The van der Waals surface area contributed by atoms with Gasteiger partial charge in [0.25, 0.3) is 0 Å². The first kappa shape index (κ1) is 12.0. The van der Waals surface area contributed by atoms with Crippen LogP contribution in [0, 0.1) is 0 Å². The zero-order valence-corrected chi connectivity index (χ0v) is 12.0. The normalized spacial score (nSPS) is 9.21. The van der Waals surface area contributed by atoms with Crippen molar-refractivity contribution in [3.8, 4) is 11.1 Å². The van der Waals surface area contributed by atoms with Crippen LogP contribution in [0.5, 0.6) is 0 Å². The molecule has 65 valence electrons. The van der Waals surface area contributed by atoms with Gasteiger partial charge < -0.3 is 0 Å². The molecule has 0 atom stereocenters. The maximum atomic E-state index is 2.61. The quantitative estimate of drug-likeness (QED) is 0.678. The van der Waals surface area contributed by atoms with Crippen LogP contribution < -0.4 is 4.46 Å². The summed E-state index contributed by atoms with van der Waals surface area (Å²) >= 11 is 2.61. The van der Waals surface area contributed by atoms with E-state index in [0.717, 1.165) is 0 Å². The summed E-state index contributed by atoms with van der Waals surface area (Å²) in [6.07, 6.45) is 0. The van der Waals surface area contributed by atoms with Gasteiger partial charge in [-0.15, -0.1) is 0 Å². The standard InChI is InChI=1S/C12H10Se.Na/c13-12-9-5-4-8-11(12)10-6-2-1-3-7-10;/h1-9,13H;. The molecule has 0 aliphatic carbocycles. The fourth-order valence-electron chi connectivity index (χ4n) is 1.34. The summed E-state index contributed by atoms with van der Waals surface area (Å²) in [5, 5.41) is 0. The minimum atomic E-state index is 0. The van der Waals surface area contributed by atoms with Crippen LogP contribution in [0.4, 0.5) is 0 Å². The molecule has 0 unspecified atom stereocenters. The van der Waals surface area contributed by atoms with Gasteiger partial charge in [-0.3, -0.25) is 0 Å². The average molecular weight is 256 g/mol. The van der Waals surface area contributed by atoms with Crippen LogP contribution in [0.15, 0.2) is 54.6 Å². The Labute approximate surface area is 115 Å². The summed E-state index contributed by atoms with van der Waals surface area (Å²) in [5.74, 6) is 0. The second-order valence-corrected chi connectivity index (χ2v) is 3.89. The Kier molecular flexibility index (Phi) is 4.94. The summed E-state index contributed by atoms with van der Waals surface area (Å²) in [7, 11) is 0. The van der Waals surface area contributed by atoms with Crippen molar-refractivity contribution in [1.82, 2.24) is 0 Å². The maximum absolute atomic E-state index is 2.61. The molecule has 2 rings (SSSR count). The van der Waals surface area contributed by atoms with Gasteiger partial charge in [0.15, 0.2) is 0 Å². The number of rotatable bonds is 1. The van der Waals surface area contributed by atoms with E-state index in [1.54, 1.807) is 0 Å². The van der Waals surface area contributed by atoms with Crippen molar-refractivity contribution in [3.63, 3.8) is 0 Å². The van der Waals surface area contributed by atoms with Crippen molar-refractivity contribution >= 4 is 50.0 Å². The molecule has 14 heavy (non-hydrogen) atoms. The Morgan fingerprint density at radius 3 is 1.93 bits per heavy atom. The summed E-state index contributed by atoms with van der Waals surface area (Å²) in [4.78, 5) is 0. The molecule has 0 aromatic heterocycles. The molecule has 0 N–H and O–H groups in total. The third-order valence-corrected chi connectivity index (χ3v) is 2.81. The summed E-state index contributed by atoms with van der Waals surface area (Å²) in [6, 6.07) is 18.8. The van der Waals surface area contributed by atoms with Crippen molar-refractivity contribution in [1.29, 1.82) is 0 Å². The summed E-state index contributed by atoms with van der Waals surface area (Å²) in [5.41, 5.74) is 2.57. The SMILES string of the molecule is [Na].[SeH]c1ccccc1-c1ccccc1. The van der Waals surface area contributed by atoms with Crippen LogP contribution in [-0.4, -0.2) is 45.6 Å². The predicted octanol–water partition coefficient (Wildman–Crippen LogP) is 1.50. The van der Waals surface area contributed by atoms with Crippen molar-refractivity contribution < 1.29 is 0 Å².